The highest BCUT2D eigenvalue weighted by Crippen LogP contribution is 2.28. The zero-order valence-corrected chi connectivity index (χ0v) is 13.6. The monoisotopic (exact) mass is 426 g/mol. The van der Waals surface area contributed by atoms with Crippen molar-refractivity contribution in [1.82, 2.24) is 0 Å². The Kier molecular flexibility index (Phi) is 4.40. The van der Waals surface area contributed by atoms with Gasteiger partial charge < -0.3 is 5.73 Å². The molecule has 0 saturated carbocycles. The van der Waals surface area contributed by atoms with Crippen LogP contribution in [0.5, 0.6) is 0 Å². The molecule has 0 bridgehead atoms. The van der Waals surface area contributed by atoms with Crippen molar-refractivity contribution in [2.75, 3.05) is 10.5 Å². The average Bonchev–Trinajstić information content (AvgIpc) is 2.36. The number of nitrogens with one attached hydrogen (secondary N) is 1. The molecule has 0 amide bonds. The highest BCUT2D eigenvalue weighted by Gasteiger charge is 2.20. The normalized spacial score (nSPS) is 11.3. The first-order valence-electron chi connectivity index (χ1n) is 5.32. The van der Waals surface area contributed by atoms with E-state index in [1.807, 2.05) is 0 Å². The Bertz CT molecular complexity index is 751. The first-order chi connectivity index (χ1) is 9.29. The summed E-state index contributed by atoms with van der Waals surface area (Å²) in [6.45, 7) is 0. The van der Waals surface area contributed by atoms with Crippen molar-refractivity contribution >= 4 is 55.6 Å². The van der Waals surface area contributed by atoms with Crippen LogP contribution >= 0.6 is 34.2 Å². The maximum atomic E-state index is 13.2. The largest absolute Gasteiger partial charge is 0.396 e. The summed E-state index contributed by atoms with van der Waals surface area (Å²) in [7, 11) is -3.93. The van der Waals surface area contributed by atoms with Crippen molar-refractivity contribution in [2.24, 2.45) is 0 Å². The third-order valence-corrected chi connectivity index (χ3v) is 5.00. The second kappa shape index (κ2) is 5.74. The topological polar surface area (TPSA) is 72.2 Å². The molecule has 0 radical (unpaired) electrons. The van der Waals surface area contributed by atoms with Crippen LogP contribution in [0, 0.1) is 9.39 Å². The number of halogens is 3. The smallest absolute Gasteiger partial charge is 0.263 e. The van der Waals surface area contributed by atoms with Gasteiger partial charge in [0.05, 0.1) is 10.7 Å². The third-order valence-electron chi connectivity index (χ3n) is 2.44. The SMILES string of the molecule is Nc1cc(S(=O)(=O)Nc2ccc(I)cc2)c(Cl)cc1F. The molecule has 0 unspecified atom stereocenters. The highest BCUT2D eigenvalue weighted by molar-refractivity contribution is 14.1. The van der Waals surface area contributed by atoms with E-state index in [9.17, 15) is 12.8 Å². The van der Waals surface area contributed by atoms with Crippen LogP contribution in [0.15, 0.2) is 41.3 Å². The lowest BCUT2D eigenvalue weighted by molar-refractivity contribution is 0.600. The van der Waals surface area contributed by atoms with Gasteiger partial charge in [-0.1, -0.05) is 11.6 Å². The molecule has 106 valence electrons. The Balaban J connectivity index is 2.40. The number of hydrogen-bond acceptors (Lipinski definition) is 3. The van der Waals surface area contributed by atoms with E-state index in [2.05, 4.69) is 27.3 Å². The quantitative estimate of drug-likeness (QED) is 0.583. The minimum absolute atomic E-state index is 0.227. The van der Waals surface area contributed by atoms with Gasteiger partial charge in [-0.3, -0.25) is 4.72 Å². The minimum Gasteiger partial charge on any atom is -0.396 e. The van der Waals surface area contributed by atoms with Gasteiger partial charge in [0.1, 0.15) is 10.7 Å². The van der Waals surface area contributed by atoms with Crippen molar-refractivity contribution in [3.63, 3.8) is 0 Å². The summed E-state index contributed by atoms with van der Waals surface area (Å²) in [5, 5.41) is -0.227. The van der Waals surface area contributed by atoms with Crippen LogP contribution in [0.4, 0.5) is 15.8 Å². The fourth-order valence-electron chi connectivity index (χ4n) is 1.48. The van der Waals surface area contributed by atoms with E-state index in [-0.39, 0.29) is 15.6 Å². The average molecular weight is 427 g/mol. The number of nitrogens with two attached hydrogens (primary N) is 1. The van der Waals surface area contributed by atoms with Gasteiger partial charge in [-0.15, -0.1) is 0 Å². The van der Waals surface area contributed by atoms with Gasteiger partial charge in [-0.25, -0.2) is 12.8 Å². The molecule has 4 nitrogen and oxygen atoms in total. The summed E-state index contributed by atoms with van der Waals surface area (Å²) in [5.41, 5.74) is 5.47. The van der Waals surface area contributed by atoms with Crippen LogP contribution in [0.1, 0.15) is 0 Å². The second-order valence-electron chi connectivity index (χ2n) is 3.92. The van der Waals surface area contributed by atoms with Gasteiger partial charge in [-0.05, 0) is 59.0 Å². The molecule has 3 N–H and O–H groups in total. The Morgan fingerprint density at radius 3 is 2.40 bits per heavy atom. The standard InChI is InChI=1S/C12H9ClFIN2O2S/c13-9-5-10(14)11(16)6-12(9)20(18,19)17-8-3-1-7(15)2-4-8/h1-6,17H,16H2. The van der Waals surface area contributed by atoms with Gasteiger partial charge in [0, 0.05) is 9.26 Å². The molecule has 2 aromatic rings. The maximum absolute atomic E-state index is 13.2. The molecular formula is C12H9ClFIN2O2S. The fourth-order valence-corrected chi connectivity index (χ4v) is 3.45. The van der Waals surface area contributed by atoms with Crippen LogP contribution in [0.2, 0.25) is 5.02 Å². The molecule has 0 spiro atoms. The highest BCUT2D eigenvalue weighted by atomic mass is 127. The van der Waals surface area contributed by atoms with Gasteiger partial charge in [0.2, 0.25) is 0 Å². The van der Waals surface area contributed by atoms with E-state index < -0.39 is 15.8 Å². The maximum Gasteiger partial charge on any atom is 0.263 e. The molecule has 8 heteroatoms. The van der Waals surface area contributed by atoms with Crippen LogP contribution in [-0.2, 0) is 10.0 Å². The molecule has 2 rings (SSSR count). The van der Waals surface area contributed by atoms with Crippen molar-refractivity contribution in [3.05, 3.63) is 50.8 Å². The second-order valence-corrected chi connectivity index (χ2v) is 7.22. The number of rotatable bonds is 3. The van der Waals surface area contributed by atoms with Crippen LogP contribution in [-0.4, -0.2) is 8.42 Å². The summed E-state index contributed by atoms with van der Waals surface area (Å²) in [6, 6.07) is 8.59. The van der Waals surface area contributed by atoms with Gasteiger partial charge in [0.25, 0.3) is 10.0 Å². The molecule has 0 atom stereocenters. The lowest BCUT2D eigenvalue weighted by Gasteiger charge is -2.10. The lowest BCUT2D eigenvalue weighted by Crippen LogP contribution is -2.14. The van der Waals surface area contributed by atoms with E-state index in [4.69, 9.17) is 17.3 Å². The third kappa shape index (κ3) is 3.33. The first-order valence-corrected chi connectivity index (χ1v) is 8.26. The zero-order chi connectivity index (χ0) is 14.9. The Morgan fingerprint density at radius 1 is 1.20 bits per heavy atom. The number of anilines is 2. The van der Waals surface area contributed by atoms with Gasteiger partial charge >= 0.3 is 0 Å². The van der Waals surface area contributed by atoms with Gasteiger partial charge in [-0.2, -0.15) is 0 Å². The minimum atomic E-state index is -3.93. The lowest BCUT2D eigenvalue weighted by atomic mass is 10.3. The van der Waals surface area contributed by atoms with E-state index in [1.165, 1.54) is 0 Å². The number of benzene rings is 2. The summed E-state index contributed by atoms with van der Waals surface area (Å²) in [5.74, 6) is -0.761. The van der Waals surface area contributed by atoms with Crippen molar-refractivity contribution in [2.45, 2.75) is 4.90 Å². The Morgan fingerprint density at radius 2 is 1.80 bits per heavy atom. The first kappa shape index (κ1) is 15.3. The van der Waals surface area contributed by atoms with E-state index in [0.29, 0.717) is 5.69 Å². The Hall–Kier alpha value is -1.06. The predicted octanol–water partition coefficient (Wildman–Crippen LogP) is 3.47. The van der Waals surface area contributed by atoms with Crippen molar-refractivity contribution in [1.29, 1.82) is 0 Å². The molecule has 0 fully saturated rings. The van der Waals surface area contributed by atoms with Crippen molar-refractivity contribution < 1.29 is 12.8 Å². The molecule has 2 aromatic carbocycles. The molecule has 0 heterocycles. The summed E-state index contributed by atoms with van der Waals surface area (Å²) < 4.78 is 40.9. The van der Waals surface area contributed by atoms with Crippen molar-refractivity contribution in [3.8, 4) is 0 Å². The molecule has 0 saturated heterocycles. The number of sulfonamides is 1. The summed E-state index contributed by atoms with van der Waals surface area (Å²) in [6.07, 6.45) is 0. The predicted molar refractivity (Wildman–Crippen MR) is 85.8 cm³/mol. The summed E-state index contributed by atoms with van der Waals surface area (Å²) >= 11 is 7.86. The van der Waals surface area contributed by atoms with Crippen LogP contribution in [0.25, 0.3) is 0 Å². The fraction of sp³-hybridized carbons (Fsp3) is 0. The molecule has 0 aliphatic carbocycles. The summed E-state index contributed by atoms with van der Waals surface area (Å²) in [4.78, 5) is -0.267. The Labute approximate surface area is 134 Å². The number of hydrogen-bond donors (Lipinski definition) is 2. The van der Waals surface area contributed by atoms with Crippen LogP contribution in [0.3, 0.4) is 0 Å². The van der Waals surface area contributed by atoms with Crippen LogP contribution < -0.4 is 10.5 Å². The van der Waals surface area contributed by atoms with Gasteiger partial charge in [0.15, 0.2) is 0 Å². The molecule has 0 aliphatic rings. The molecule has 0 aliphatic heterocycles. The molecular weight excluding hydrogens is 418 g/mol. The van der Waals surface area contributed by atoms with E-state index >= 15 is 0 Å². The zero-order valence-electron chi connectivity index (χ0n) is 9.90. The van der Waals surface area contributed by atoms with E-state index in [0.717, 1.165) is 15.7 Å². The number of nitrogen functional groups attached to an aromatic ring is 1. The molecule has 20 heavy (non-hydrogen) atoms. The molecule has 0 aromatic heterocycles. The van der Waals surface area contributed by atoms with E-state index in [1.54, 1.807) is 24.3 Å².